The van der Waals surface area contributed by atoms with Crippen LogP contribution < -0.4 is 5.32 Å². The molecule has 0 amide bonds. The third kappa shape index (κ3) is 3.20. The topological polar surface area (TPSA) is 78.3 Å². The highest BCUT2D eigenvalue weighted by Gasteiger charge is 2.02. The summed E-state index contributed by atoms with van der Waals surface area (Å²) in [7, 11) is 0. The maximum Gasteiger partial charge on any atom is 0.0895 e. The normalized spacial score (nSPS) is 12.8. The highest BCUT2D eigenvalue weighted by molar-refractivity contribution is 5.73. The van der Waals surface area contributed by atoms with Gasteiger partial charge in [-0.05, 0) is 12.1 Å². The number of hydrogen-bond donors (Lipinski definition) is 3. The summed E-state index contributed by atoms with van der Waals surface area (Å²) in [4.78, 5) is 8.71. The molecule has 0 aliphatic rings. The van der Waals surface area contributed by atoms with Crippen LogP contribution in [-0.4, -0.2) is 39.4 Å². The van der Waals surface area contributed by atoms with Gasteiger partial charge in [0.05, 0.1) is 35.6 Å². The number of aliphatic hydroxyl groups excluding tert-OH is 2. The number of aromatic nitrogens is 2. The number of hydrogen-bond acceptors (Lipinski definition) is 5. The zero-order chi connectivity index (χ0) is 12.1. The molecule has 0 saturated heterocycles. The van der Waals surface area contributed by atoms with E-state index in [2.05, 4.69) is 15.3 Å². The molecule has 0 radical (unpaired) electrons. The van der Waals surface area contributed by atoms with E-state index in [1.807, 2.05) is 24.3 Å². The van der Waals surface area contributed by atoms with Gasteiger partial charge in [0, 0.05) is 13.1 Å². The predicted octanol–water partition coefficient (Wildman–Crippen LogP) is 0.0726. The first-order valence-electron chi connectivity index (χ1n) is 5.50. The van der Waals surface area contributed by atoms with E-state index < -0.39 is 6.10 Å². The lowest BCUT2D eigenvalue weighted by Crippen LogP contribution is -2.29. The fourth-order valence-electron chi connectivity index (χ4n) is 1.51. The quantitative estimate of drug-likeness (QED) is 0.681. The Bertz CT molecular complexity index is 490. The number of aliphatic hydroxyl groups is 2. The molecule has 2 rings (SSSR count). The summed E-state index contributed by atoms with van der Waals surface area (Å²) in [6.45, 7) is 0.621. The number of rotatable bonds is 5. The van der Waals surface area contributed by atoms with Crippen LogP contribution in [0.25, 0.3) is 11.0 Å². The molecule has 0 spiro atoms. The first-order valence-corrected chi connectivity index (χ1v) is 5.50. The predicted molar refractivity (Wildman–Crippen MR) is 64.3 cm³/mol. The molecule has 5 nitrogen and oxygen atoms in total. The Labute approximate surface area is 99.2 Å². The molecule has 0 saturated carbocycles. The lowest BCUT2D eigenvalue weighted by molar-refractivity contribution is 0.0941. The smallest absolute Gasteiger partial charge is 0.0895 e. The van der Waals surface area contributed by atoms with E-state index in [9.17, 15) is 0 Å². The minimum Gasteiger partial charge on any atom is -0.394 e. The van der Waals surface area contributed by atoms with Crippen molar-refractivity contribution in [3.05, 3.63) is 36.2 Å². The van der Waals surface area contributed by atoms with Crippen LogP contribution >= 0.6 is 0 Å². The van der Waals surface area contributed by atoms with E-state index in [4.69, 9.17) is 10.2 Å². The molecule has 17 heavy (non-hydrogen) atoms. The fourth-order valence-corrected chi connectivity index (χ4v) is 1.51. The molecule has 0 fully saturated rings. The van der Waals surface area contributed by atoms with Crippen molar-refractivity contribution in [2.45, 2.75) is 12.6 Å². The van der Waals surface area contributed by atoms with Crippen molar-refractivity contribution in [1.29, 1.82) is 0 Å². The molecule has 1 aromatic carbocycles. The molecule has 1 heterocycles. The maximum atomic E-state index is 9.16. The van der Waals surface area contributed by atoms with Crippen LogP contribution in [0.15, 0.2) is 30.5 Å². The third-order valence-corrected chi connectivity index (χ3v) is 2.40. The first-order chi connectivity index (χ1) is 8.29. The number of para-hydroxylation sites is 2. The number of fused-ring (bicyclic) bond motifs is 1. The second-order valence-corrected chi connectivity index (χ2v) is 3.82. The van der Waals surface area contributed by atoms with Gasteiger partial charge in [0.15, 0.2) is 0 Å². The zero-order valence-electron chi connectivity index (χ0n) is 9.37. The van der Waals surface area contributed by atoms with Gasteiger partial charge in [-0.2, -0.15) is 0 Å². The summed E-state index contributed by atoms with van der Waals surface area (Å²) in [5.74, 6) is 0. The molecular weight excluding hydrogens is 218 g/mol. The minimum absolute atomic E-state index is 0.240. The molecule has 0 aliphatic heterocycles. The molecule has 2 aromatic rings. The second kappa shape index (κ2) is 5.67. The van der Waals surface area contributed by atoms with Gasteiger partial charge in [0.25, 0.3) is 0 Å². The Morgan fingerprint density at radius 2 is 2.00 bits per heavy atom. The number of nitrogens with one attached hydrogen (secondary N) is 1. The Balaban J connectivity index is 1.99. The molecular formula is C12H15N3O2. The van der Waals surface area contributed by atoms with Gasteiger partial charge in [-0.3, -0.25) is 4.98 Å². The summed E-state index contributed by atoms with van der Waals surface area (Å²) < 4.78 is 0. The Hall–Kier alpha value is -1.56. The van der Waals surface area contributed by atoms with Crippen LogP contribution in [0.4, 0.5) is 0 Å². The molecule has 3 N–H and O–H groups in total. The molecule has 1 aromatic heterocycles. The Kier molecular flexibility index (Phi) is 3.98. The molecule has 1 unspecified atom stereocenters. The monoisotopic (exact) mass is 233 g/mol. The molecule has 90 valence electrons. The standard InChI is InChI=1S/C12H15N3O2/c16-8-10(17)7-13-5-9-6-14-11-3-1-2-4-12(11)15-9/h1-4,6,10,13,16-17H,5,7-8H2. The first kappa shape index (κ1) is 11.9. The number of benzene rings is 1. The average Bonchev–Trinajstić information content (AvgIpc) is 2.38. The van der Waals surface area contributed by atoms with Crippen molar-refractivity contribution in [2.75, 3.05) is 13.2 Å². The average molecular weight is 233 g/mol. The Morgan fingerprint density at radius 3 is 2.76 bits per heavy atom. The van der Waals surface area contributed by atoms with Crippen molar-refractivity contribution in [1.82, 2.24) is 15.3 Å². The summed E-state index contributed by atoms with van der Waals surface area (Å²) in [5.41, 5.74) is 2.54. The van der Waals surface area contributed by atoms with Gasteiger partial charge in [0.1, 0.15) is 0 Å². The van der Waals surface area contributed by atoms with E-state index in [0.29, 0.717) is 13.1 Å². The van der Waals surface area contributed by atoms with Crippen LogP contribution in [0.3, 0.4) is 0 Å². The van der Waals surface area contributed by atoms with Gasteiger partial charge in [-0.25, -0.2) is 4.98 Å². The summed E-state index contributed by atoms with van der Waals surface area (Å²) in [6.07, 6.45) is 0.976. The van der Waals surface area contributed by atoms with Crippen LogP contribution in [0, 0.1) is 0 Å². The highest BCUT2D eigenvalue weighted by Crippen LogP contribution is 2.07. The van der Waals surface area contributed by atoms with Crippen molar-refractivity contribution in [2.24, 2.45) is 0 Å². The van der Waals surface area contributed by atoms with Gasteiger partial charge in [0.2, 0.25) is 0 Å². The van der Waals surface area contributed by atoms with Gasteiger partial charge >= 0.3 is 0 Å². The van der Waals surface area contributed by atoms with Crippen LogP contribution in [-0.2, 0) is 6.54 Å². The Morgan fingerprint density at radius 1 is 1.24 bits per heavy atom. The maximum absolute atomic E-state index is 9.16. The lowest BCUT2D eigenvalue weighted by atomic mass is 10.3. The van der Waals surface area contributed by atoms with E-state index in [1.165, 1.54) is 0 Å². The zero-order valence-corrected chi connectivity index (χ0v) is 9.37. The highest BCUT2D eigenvalue weighted by atomic mass is 16.3. The van der Waals surface area contributed by atoms with Crippen LogP contribution in [0.2, 0.25) is 0 Å². The van der Waals surface area contributed by atoms with Crippen molar-refractivity contribution in [3.8, 4) is 0 Å². The molecule has 0 aliphatic carbocycles. The van der Waals surface area contributed by atoms with Gasteiger partial charge in [-0.15, -0.1) is 0 Å². The SMILES string of the molecule is OCC(O)CNCc1cnc2ccccc2n1. The summed E-state index contributed by atoms with van der Waals surface area (Å²) >= 11 is 0. The van der Waals surface area contributed by atoms with E-state index in [0.717, 1.165) is 16.7 Å². The molecule has 1 atom stereocenters. The third-order valence-electron chi connectivity index (χ3n) is 2.40. The molecule has 0 bridgehead atoms. The van der Waals surface area contributed by atoms with Crippen LogP contribution in [0.1, 0.15) is 5.69 Å². The largest absolute Gasteiger partial charge is 0.394 e. The lowest BCUT2D eigenvalue weighted by Gasteiger charge is -2.08. The summed E-state index contributed by atoms with van der Waals surface area (Å²) in [5, 5.41) is 20.8. The van der Waals surface area contributed by atoms with E-state index in [-0.39, 0.29) is 6.61 Å². The fraction of sp³-hybridized carbons (Fsp3) is 0.333. The van der Waals surface area contributed by atoms with Crippen molar-refractivity contribution < 1.29 is 10.2 Å². The second-order valence-electron chi connectivity index (χ2n) is 3.82. The molecule has 5 heteroatoms. The van der Waals surface area contributed by atoms with Crippen LogP contribution in [0.5, 0.6) is 0 Å². The van der Waals surface area contributed by atoms with Crippen molar-refractivity contribution in [3.63, 3.8) is 0 Å². The van der Waals surface area contributed by atoms with E-state index in [1.54, 1.807) is 6.20 Å². The van der Waals surface area contributed by atoms with Gasteiger partial charge in [-0.1, -0.05) is 12.1 Å². The van der Waals surface area contributed by atoms with E-state index >= 15 is 0 Å². The van der Waals surface area contributed by atoms with Crippen molar-refractivity contribution >= 4 is 11.0 Å². The van der Waals surface area contributed by atoms with Gasteiger partial charge < -0.3 is 15.5 Å². The minimum atomic E-state index is -0.733. The summed E-state index contributed by atoms with van der Waals surface area (Å²) in [6, 6.07) is 7.67. The number of nitrogens with zero attached hydrogens (tertiary/aromatic N) is 2.